The first-order chi connectivity index (χ1) is 7.65. The van der Waals surface area contributed by atoms with Crippen molar-refractivity contribution in [2.45, 2.75) is 0 Å². The van der Waals surface area contributed by atoms with E-state index in [0.29, 0.717) is 5.75 Å². The number of nitrogens with two attached hydrogens (primary N) is 1. The molecule has 0 heterocycles. The summed E-state index contributed by atoms with van der Waals surface area (Å²) < 4.78 is 5.06. The van der Waals surface area contributed by atoms with E-state index in [1.54, 1.807) is 24.3 Å². The average molecular weight is 236 g/mol. The van der Waals surface area contributed by atoms with Gasteiger partial charge < -0.3 is 10.5 Å². The number of amides is 1. The second kappa shape index (κ2) is 5.87. The van der Waals surface area contributed by atoms with E-state index in [0.717, 1.165) is 4.90 Å². The molecule has 1 rings (SSSR count). The highest BCUT2D eigenvalue weighted by Crippen LogP contribution is 2.10. The number of carbonyl (C=O) groups is 1. The van der Waals surface area contributed by atoms with Crippen LogP contribution in [0.25, 0.3) is 0 Å². The molecule has 2 N–H and O–H groups in total. The fourth-order valence-electron chi connectivity index (χ4n) is 1.03. The summed E-state index contributed by atoms with van der Waals surface area (Å²) in [4.78, 5) is 12.8. The molecule has 0 radical (unpaired) electrons. The predicted molar refractivity (Wildman–Crippen MR) is 66.2 cm³/mol. The topological polar surface area (TPSA) is 55.6 Å². The standard InChI is InChI=1S/C11H12N2O2S/c1-2-8-13(10(12)16)11(14)15-9-6-4-3-5-7-9/h2-7H,1,8H2,(H2,12,16). The Hall–Kier alpha value is -1.88. The molecule has 0 aliphatic heterocycles. The van der Waals surface area contributed by atoms with Crippen molar-refractivity contribution in [1.29, 1.82) is 0 Å². The lowest BCUT2D eigenvalue weighted by Crippen LogP contribution is -2.42. The van der Waals surface area contributed by atoms with Crippen LogP contribution in [-0.4, -0.2) is 22.7 Å². The van der Waals surface area contributed by atoms with Crippen LogP contribution in [0.1, 0.15) is 0 Å². The Kier molecular flexibility index (Phi) is 4.47. The molecule has 0 spiro atoms. The minimum absolute atomic E-state index is 0.0409. The highest BCUT2D eigenvalue weighted by atomic mass is 32.1. The molecule has 1 amide bonds. The number of hydrogen-bond donors (Lipinski definition) is 1. The van der Waals surface area contributed by atoms with Crippen molar-refractivity contribution in [3.63, 3.8) is 0 Å². The molecular formula is C11H12N2O2S. The van der Waals surface area contributed by atoms with Gasteiger partial charge in [-0.15, -0.1) is 6.58 Å². The fourth-order valence-corrected chi connectivity index (χ4v) is 1.18. The van der Waals surface area contributed by atoms with E-state index in [1.165, 1.54) is 6.08 Å². The summed E-state index contributed by atoms with van der Waals surface area (Å²) in [5.41, 5.74) is 5.39. The number of rotatable bonds is 3. The molecule has 0 bridgehead atoms. The van der Waals surface area contributed by atoms with Crippen molar-refractivity contribution in [2.24, 2.45) is 5.73 Å². The molecular weight excluding hydrogens is 224 g/mol. The second-order valence-electron chi connectivity index (χ2n) is 2.92. The zero-order chi connectivity index (χ0) is 12.0. The Balaban J connectivity index is 2.69. The van der Waals surface area contributed by atoms with Crippen molar-refractivity contribution in [1.82, 2.24) is 4.90 Å². The van der Waals surface area contributed by atoms with Gasteiger partial charge in [0.05, 0.1) is 0 Å². The van der Waals surface area contributed by atoms with Crippen LogP contribution in [0.5, 0.6) is 5.75 Å². The quantitative estimate of drug-likeness (QED) is 0.643. The van der Waals surface area contributed by atoms with Gasteiger partial charge in [-0.2, -0.15) is 0 Å². The van der Waals surface area contributed by atoms with Crippen molar-refractivity contribution in [3.05, 3.63) is 43.0 Å². The van der Waals surface area contributed by atoms with Gasteiger partial charge >= 0.3 is 6.09 Å². The van der Waals surface area contributed by atoms with Gasteiger partial charge in [-0.25, -0.2) is 4.79 Å². The van der Waals surface area contributed by atoms with E-state index in [9.17, 15) is 4.79 Å². The molecule has 84 valence electrons. The number of thiocarbonyl (C=S) groups is 1. The van der Waals surface area contributed by atoms with Gasteiger partial charge in [-0.1, -0.05) is 24.3 Å². The van der Waals surface area contributed by atoms with E-state index in [2.05, 4.69) is 6.58 Å². The van der Waals surface area contributed by atoms with Gasteiger partial charge in [0.25, 0.3) is 0 Å². The van der Waals surface area contributed by atoms with Crippen LogP contribution >= 0.6 is 12.2 Å². The van der Waals surface area contributed by atoms with Crippen LogP contribution < -0.4 is 10.5 Å². The highest BCUT2D eigenvalue weighted by Gasteiger charge is 2.16. The van der Waals surface area contributed by atoms with Gasteiger partial charge in [0.15, 0.2) is 5.11 Å². The summed E-state index contributed by atoms with van der Waals surface area (Å²) in [7, 11) is 0. The largest absolute Gasteiger partial charge is 0.421 e. The van der Waals surface area contributed by atoms with E-state index in [-0.39, 0.29) is 11.7 Å². The number of benzene rings is 1. The van der Waals surface area contributed by atoms with Gasteiger partial charge in [-0.05, 0) is 24.4 Å². The Morgan fingerprint density at radius 1 is 1.50 bits per heavy atom. The second-order valence-corrected chi connectivity index (χ2v) is 3.34. The van der Waals surface area contributed by atoms with Gasteiger partial charge in [0.2, 0.25) is 0 Å². The van der Waals surface area contributed by atoms with Crippen LogP contribution in [0.3, 0.4) is 0 Å². The summed E-state index contributed by atoms with van der Waals surface area (Å²) in [6.45, 7) is 3.73. The minimum atomic E-state index is -0.612. The molecule has 0 fully saturated rings. The maximum Gasteiger partial charge on any atom is 0.421 e. The number of ether oxygens (including phenoxy) is 1. The van der Waals surface area contributed by atoms with E-state index in [1.807, 2.05) is 6.07 Å². The van der Waals surface area contributed by atoms with E-state index < -0.39 is 6.09 Å². The summed E-state index contributed by atoms with van der Waals surface area (Å²) in [5, 5.41) is -0.0409. The molecule has 4 nitrogen and oxygen atoms in total. The third kappa shape index (κ3) is 3.36. The van der Waals surface area contributed by atoms with Crippen LogP contribution in [0.4, 0.5) is 4.79 Å². The first-order valence-electron chi connectivity index (χ1n) is 4.60. The molecule has 0 saturated heterocycles. The van der Waals surface area contributed by atoms with Crippen molar-refractivity contribution < 1.29 is 9.53 Å². The Bertz CT molecular complexity index is 392. The summed E-state index contributed by atoms with van der Waals surface area (Å²) in [6, 6.07) is 8.70. The molecule has 0 aliphatic carbocycles. The third-order valence-corrected chi connectivity index (χ3v) is 1.97. The first kappa shape index (κ1) is 12.2. The number of carbonyl (C=O) groups excluding carboxylic acids is 1. The summed E-state index contributed by atoms with van der Waals surface area (Å²) >= 11 is 4.73. The Morgan fingerprint density at radius 2 is 2.12 bits per heavy atom. The van der Waals surface area contributed by atoms with Crippen LogP contribution in [0.15, 0.2) is 43.0 Å². The van der Waals surface area contributed by atoms with E-state index in [4.69, 9.17) is 22.7 Å². The zero-order valence-electron chi connectivity index (χ0n) is 8.63. The van der Waals surface area contributed by atoms with Crippen LogP contribution in [0.2, 0.25) is 0 Å². The predicted octanol–water partition coefficient (Wildman–Crippen LogP) is 1.92. The maximum atomic E-state index is 11.6. The molecule has 5 heteroatoms. The molecule has 16 heavy (non-hydrogen) atoms. The molecule has 0 aromatic heterocycles. The smallest absolute Gasteiger partial charge is 0.410 e. The number of para-hydroxylation sites is 1. The monoisotopic (exact) mass is 236 g/mol. The lowest BCUT2D eigenvalue weighted by molar-refractivity contribution is 0.179. The minimum Gasteiger partial charge on any atom is -0.410 e. The van der Waals surface area contributed by atoms with Gasteiger partial charge in [-0.3, -0.25) is 4.90 Å². The van der Waals surface area contributed by atoms with Crippen molar-refractivity contribution >= 4 is 23.4 Å². The molecule has 0 aliphatic rings. The van der Waals surface area contributed by atoms with Crippen LogP contribution in [0, 0.1) is 0 Å². The van der Waals surface area contributed by atoms with Crippen LogP contribution in [-0.2, 0) is 0 Å². The third-order valence-electron chi connectivity index (χ3n) is 1.75. The fraction of sp³-hybridized carbons (Fsp3) is 0.0909. The SMILES string of the molecule is C=CCN(C(=O)Oc1ccccc1)C(N)=S. The maximum absolute atomic E-state index is 11.6. The molecule has 1 aromatic rings. The van der Waals surface area contributed by atoms with E-state index >= 15 is 0 Å². The molecule has 1 aromatic carbocycles. The molecule has 0 atom stereocenters. The lowest BCUT2D eigenvalue weighted by atomic mass is 10.3. The summed E-state index contributed by atoms with van der Waals surface area (Å²) in [5.74, 6) is 0.442. The summed E-state index contributed by atoms with van der Waals surface area (Å²) in [6.07, 6.45) is 0.907. The molecule has 0 unspecified atom stereocenters. The molecule has 0 saturated carbocycles. The number of hydrogen-bond acceptors (Lipinski definition) is 3. The zero-order valence-corrected chi connectivity index (χ0v) is 9.44. The normalized spacial score (nSPS) is 9.25. The Labute approximate surface area is 99.3 Å². The lowest BCUT2D eigenvalue weighted by Gasteiger charge is -2.17. The van der Waals surface area contributed by atoms with Gasteiger partial charge in [0.1, 0.15) is 5.75 Å². The van der Waals surface area contributed by atoms with Crippen molar-refractivity contribution in [2.75, 3.05) is 6.54 Å². The highest BCUT2D eigenvalue weighted by molar-refractivity contribution is 7.80. The number of nitrogens with zero attached hydrogens (tertiary/aromatic N) is 1. The first-order valence-corrected chi connectivity index (χ1v) is 5.00. The van der Waals surface area contributed by atoms with Crippen molar-refractivity contribution in [3.8, 4) is 5.75 Å². The van der Waals surface area contributed by atoms with Gasteiger partial charge in [0, 0.05) is 6.54 Å². The Morgan fingerprint density at radius 3 is 2.62 bits per heavy atom. The average Bonchev–Trinajstić information content (AvgIpc) is 2.26.